The highest BCUT2D eigenvalue weighted by Gasteiger charge is 2.27. The molecule has 0 atom stereocenters. The summed E-state index contributed by atoms with van der Waals surface area (Å²) in [6.07, 6.45) is 0.948. The lowest BCUT2D eigenvalue weighted by molar-refractivity contribution is 0.0600. The van der Waals surface area contributed by atoms with Crippen molar-refractivity contribution in [2.45, 2.75) is 0 Å². The Bertz CT molecular complexity index is 1630. The summed E-state index contributed by atoms with van der Waals surface area (Å²) in [4.78, 5) is 25.2. The third-order valence-electron chi connectivity index (χ3n) is 5.92. The van der Waals surface area contributed by atoms with Crippen LogP contribution in [0.1, 0.15) is 20.7 Å². The minimum Gasteiger partial charge on any atom is -0.465 e. The molecule has 0 aliphatic rings. The minimum atomic E-state index is -3.95. The average Bonchev–Trinajstić information content (AvgIpc) is 3.28. The highest BCUT2D eigenvalue weighted by molar-refractivity contribution is 7.92. The fourth-order valence-electron chi connectivity index (χ4n) is 4.20. The number of methoxy groups -OCH3 is 1. The summed E-state index contributed by atoms with van der Waals surface area (Å²) in [6.45, 7) is -1.43. The molecule has 4 aromatic rings. The molecule has 0 fully saturated rings. The number of hydrogen-bond acceptors (Lipinski definition) is 6. The van der Waals surface area contributed by atoms with Crippen LogP contribution in [-0.4, -0.2) is 53.9 Å². The molecule has 1 aromatic heterocycles. The first kappa shape index (κ1) is 26.8. The quantitative estimate of drug-likeness (QED) is 0.321. The first-order valence-electron chi connectivity index (χ1n) is 11.4. The van der Waals surface area contributed by atoms with Gasteiger partial charge in [-0.2, -0.15) is 0 Å². The summed E-state index contributed by atoms with van der Waals surface area (Å²) in [5.74, 6) is -1.43. The fourth-order valence-corrected chi connectivity index (χ4v) is 5.11. The zero-order valence-electron chi connectivity index (χ0n) is 20.7. The average molecular weight is 543 g/mol. The molecule has 0 spiro atoms. The zero-order valence-corrected chi connectivity index (χ0v) is 21.6. The molecule has 0 radical (unpaired) electrons. The summed E-state index contributed by atoms with van der Waals surface area (Å²) < 4.78 is 64.2. The van der Waals surface area contributed by atoms with Crippen molar-refractivity contribution in [3.8, 4) is 22.5 Å². The second kappa shape index (κ2) is 10.6. The first-order chi connectivity index (χ1) is 18.1. The van der Waals surface area contributed by atoms with Crippen molar-refractivity contribution in [3.63, 3.8) is 0 Å². The third kappa shape index (κ3) is 5.10. The number of rotatable bonds is 8. The SMILES string of the molecule is CNC(=O)c1c(-c2ccc(F)cc2)oc2cc(N(CCF)S(C)(=O)=O)c(-c3cccc(C(=O)OC)c3)cc12. The minimum absolute atomic E-state index is 0.0857. The number of ether oxygens (including phenoxy) is 1. The van der Waals surface area contributed by atoms with E-state index in [1.54, 1.807) is 18.2 Å². The number of alkyl halides is 1. The van der Waals surface area contributed by atoms with Crippen molar-refractivity contribution in [2.24, 2.45) is 0 Å². The van der Waals surface area contributed by atoms with Crippen LogP contribution in [0.2, 0.25) is 0 Å². The van der Waals surface area contributed by atoms with Crippen LogP contribution in [0.3, 0.4) is 0 Å². The highest BCUT2D eigenvalue weighted by atomic mass is 32.2. The number of halogens is 2. The molecule has 0 aliphatic heterocycles. The Kier molecular flexibility index (Phi) is 7.49. The van der Waals surface area contributed by atoms with Crippen molar-refractivity contribution in [1.29, 1.82) is 0 Å². The van der Waals surface area contributed by atoms with E-state index in [0.717, 1.165) is 10.6 Å². The van der Waals surface area contributed by atoms with Gasteiger partial charge in [0.25, 0.3) is 5.91 Å². The van der Waals surface area contributed by atoms with Crippen molar-refractivity contribution in [1.82, 2.24) is 5.32 Å². The maximum absolute atomic E-state index is 13.6. The third-order valence-corrected chi connectivity index (χ3v) is 7.10. The van der Waals surface area contributed by atoms with Gasteiger partial charge in [-0.1, -0.05) is 12.1 Å². The van der Waals surface area contributed by atoms with Crippen molar-refractivity contribution >= 4 is 38.6 Å². The van der Waals surface area contributed by atoms with Crippen LogP contribution in [0.25, 0.3) is 33.4 Å². The Morgan fingerprint density at radius 3 is 2.37 bits per heavy atom. The molecule has 1 heterocycles. The Morgan fingerprint density at radius 1 is 1.05 bits per heavy atom. The number of fused-ring (bicyclic) bond motifs is 1. The summed E-state index contributed by atoms with van der Waals surface area (Å²) in [5.41, 5.74) is 1.73. The van der Waals surface area contributed by atoms with Crippen LogP contribution in [0.15, 0.2) is 65.1 Å². The van der Waals surface area contributed by atoms with Crippen LogP contribution in [-0.2, 0) is 14.8 Å². The van der Waals surface area contributed by atoms with Gasteiger partial charge >= 0.3 is 5.97 Å². The van der Waals surface area contributed by atoms with Gasteiger partial charge in [0.05, 0.1) is 36.7 Å². The van der Waals surface area contributed by atoms with Crippen LogP contribution in [0.4, 0.5) is 14.5 Å². The Labute approximate surface area is 217 Å². The molecule has 8 nitrogen and oxygen atoms in total. The van der Waals surface area contributed by atoms with Gasteiger partial charge in [-0.25, -0.2) is 22.0 Å². The van der Waals surface area contributed by atoms with Gasteiger partial charge in [0.2, 0.25) is 10.0 Å². The highest BCUT2D eigenvalue weighted by Crippen LogP contribution is 2.41. The topological polar surface area (TPSA) is 106 Å². The Balaban J connectivity index is 2.10. The number of nitrogens with one attached hydrogen (secondary N) is 1. The maximum atomic E-state index is 13.6. The van der Waals surface area contributed by atoms with Crippen LogP contribution in [0.5, 0.6) is 0 Å². The molecule has 0 unspecified atom stereocenters. The molecule has 1 N–H and O–H groups in total. The number of furan rings is 1. The van der Waals surface area contributed by atoms with Crippen LogP contribution >= 0.6 is 0 Å². The molecular formula is C27H24F2N2O6S. The summed E-state index contributed by atoms with van der Waals surface area (Å²) >= 11 is 0. The van der Waals surface area contributed by atoms with E-state index in [0.29, 0.717) is 22.1 Å². The van der Waals surface area contributed by atoms with E-state index in [2.05, 4.69) is 5.32 Å². The van der Waals surface area contributed by atoms with Crippen molar-refractivity contribution in [3.05, 3.63) is 77.6 Å². The molecule has 11 heteroatoms. The summed E-state index contributed by atoms with van der Waals surface area (Å²) in [6, 6.07) is 14.6. The molecule has 4 rings (SSSR count). The van der Waals surface area contributed by atoms with Crippen LogP contribution in [0, 0.1) is 5.82 Å². The second-order valence-corrected chi connectivity index (χ2v) is 10.3. The van der Waals surface area contributed by atoms with Gasteiger partial charge in [-0.05, 0) is 48.0 Å². The molecule has 3 aromatic carbocycles. The van der Waals surface area contributed by atoms with Gasteiger partial charge < -0.3 is 14.5 Å². The number of nitrogens with zero attached hydrogens (tertiary/aromatic N) is 1. The molecular weight excluding hydrogens is 518 g/mol. The standard InChI is InChI=1S/C27H24F2N2O6S/c1-30-26(32)24-21-14-20(17-5-4-6-18(13-17)27(33)36-2)22(31(12-11-28)38(3,34)35)15-23(21)37-25(24)16-7-9-19(29)10-8-16/h4-10,13-15H,11-12H2,1-3H3,(H,30,32). The van der Waals surface area contributed by atoms with E-state index < -0.39 is 40.9 Å². The molecule has 38 heavy (non-hydrogen) atoms. The molecule has 0 saturated carbocycles. The summed E-state index contributed by atoms with van der Waals surface area (Å²) in [7, 11) is -1.28. The Morgan fingerprint density at radius 2 is 1.76 bits per heavy atom. The largest absolute Gasteiger partial charge is 0.465 e. The predicted octanol–water partition coefficient (Wildman–Crippen LogP) is 4.79. The molecule has 0 aliphatic carbocycles. The number of amides is 1. The van der Waals surface area contributed by atoms with Gasteiger partial charge in [0.15, 0.2) is 0 Å². The number of anilines is 1. The smallest absolute Gasteiger partial charge is 0.337 e. The van der Waals surface area contributed by atoms with E-state index in [4.69, 9.17) is 9.15 Å². The maximum Gasteiger partial charge on any atom is 0.337 e. The van der Waals surface area contributed by atoms with E-state index in [-0.39, 0.29) is 28.2 Å². The van der Waals surface area contributed by atoms with Crippen LogP contribution < -0.4 is 9.62 Å². The molecule has 0 bridgehead atoms. The monoisotopic (exact) mass is 542 g/mol. The molecule has 198 valence electrons. The molecule has 0 saturated heterocycles. The van der Waals surface area contributed by atoms with Gasteiger partial charge in [-0.3, -0.25) is 9.10 Å². The normalized spacial score (nSPS) is 11.4. The lowest BCUT2D eigenvalue weighted by Gasteiger charge is -2.24. The number of sulfonamides is 1. The lowest BCUT2D eigenvalue weighted by Crippen LogP contribution is -2.32. The Hall–Kier alpha value is -4.25. The predicted molar refractivity (Wildman–Crippen MR) is 140 cm³/mol. The number of esters is 1. The number of carbonyl (C=O) groups excluding carboxylic acids is 2. The second-order valence-electron chi connectivity index (χ2n) is 8.35. The molecule has 1 amide bonds. The van der Waals surface area contributed by atoms with E-state index in [1.165, 1.54) is 56.6 Å². The van der Waals surface area contributed by atoms with Crippen molar-refractivity contribution < 1.29 is 35.9 Å². The van der Waals surface area contributed by atoms with E-state index in [1.807, 2.05) is 0 Å². The van der Waals surface area contributed by atoms with E-state index >= 15 is 0 Å². The summed E-state index contributed by atoms with van der Waals surface area (Å²) in [5, 5.41) is 2.90. The van der Waals surface area contributed by atoms with Gasteiger partial charge in [0.1, 0.15) is 23.8 Å². The van der Waals surface area contributed by atoms with E-state index in [9.17, 15) is 26.8 Å². The van der Waals surface area contributed by atoms with Gasteiger partial charge in [0, 0.05) is 29.6 Å². The number of hydrogen-bond donors (Lipinski definition) is 1. The first-order valence-corrected chi connectivity index (χ1v) is 13.2. The zero-order chi connectivity index (χ0) is 27.6. The van der Waals surface area contributed by atoms with Gasteiger partial charge in [-0.15, -0.1) is 0 Å². The number of benzene rings is 3. The fraction of sp³-hybridized carbons (Fsp3) is 0.185. The lowest BCUT2D eigenvalue weighted by atomic mass is 9.97. The van der Waals surface area contributed by atoms with Crippen molar-refractivity contribution in [2.75, 3.05) is 37.9 Å². The number of carbonyl (C=O) groups is 2.